The molecule has 2 unspecified atom stereocenters. The smallest absolute Gasteiger partial charge is 0.00162 e. The fourth-order valence-corrected chi connectivity index (χ4v) is 2.20. The normalized spacial score (nSPS) is 15.1. The molecule has 0 radical (unpaired) electrons. The second-order valence-corrected chi connectivity index (χ2v) is 4.91. The zero-order valence-electron chi connectivity index (χ0n) is 10.6. The average molecular weight is 205 g/mol. The SMILES string of the molecule is Cc1cc(C)c(C(C)CC(C)N)cc1C. The lowest BCUT2D eigenvalue weighted by atomic mass is 9.89. The Labute approximate surface area is 93.7 Å². The van der Waals surface area contributed by atoms with E-state index in [0.29, 0.717) is 5.92 Å². The van der Waals surface area contributed by atoms with Crippen LogP contribution in [0.1, 0.15) is 48.4 Å². The Kier molecular flexibility index (Phi) is 3.92. The highest BCUT2D eigenvalue weighted by atomic mass is 14.6. The molecule has 0 aromatic heterocycles. The topological polar surface area (TPSA) is 26.0 Å². The van der Waals surface area contributed by atoms with Crippen LogP contribution < -0.4 is 5.73 Å². The molecule has 15 heavy (non-hydrogen) atoms. The van der Waals surface area contributed by atoms with Gasteiger partial charge in [0.15, 0.2) is 0 Å². The van der Waals surface area contributed by atoms with Crippen LogP contribution in [-0.4, -0.2) is 6.04 Å². The van der Waals surface area contributed by atoms with E-state index in [1.807, 2.05) is 0 Å². The van der Waals surface area contributed by atoms with Crippen LogP contribution in [0.5, 0.6) is 0 Å². The molecule has 2 atom stereocenters. The molecule has 0 heterocycles. The molecule has 84 valence electrons. The molecule has 0 aliphatic carbocycles. The Balaban J connectivity index is 2.98. The highest BCUT2D eigenvalue weighted by molar-refractivity contribution is 5.38. The Morgan fingerprint density at radius 3 is 2.07 bits per heavy atom. The second-order valence-electron chi connectivity index (χ2n) is 4.91. The molecule has 2 N–H and O–H groups in total. The molecule has 1 rings (SSSR count). The zero-order valence-corrected chi connectivity index (χ0v) is 10.6. The Hall–Kier alpha value is -0.820. The van der Waals surface area contributed by atoms with Gasteiger partial charge < -0.3 is 5.73 Å². The van der Waals surface area contributed by atoms with Crippen molar-refractivity contribution in [1.82, 2.24) is 0 Å². The summed E-state index contributed by atoms with van der Waals surface area (Å²) in [5.41, 5.74) is 11.5. The average Bonchev–Trinajstić information content (AvgIpc) is 2.09. The van der Waals surface area contributed by atoms with E-state index in [0.717, 1.165) is 6.42 Å². The van der Waals surface area contributed by atoms with E-state index in [1.54, 1.807) is 0 Å². The summed E-state index contributed by atoms with van der Waals surface area (Å²) in [6, 6.07) is 4.88. The van der Waals surface area contributed by atoms with Crippen molar-refractivity contribution in [3.63, 3.8) is 0 Å². The Morgan fingerprint density at radius 2 is 1.53 bits per heavy atom. The molecule has 1 nitrogen and oxygen atoms in total. The first-order valence-electron chi connectivity index (χ1n) is 5.75. The summed E-state index contributed by atoms with van der Waals surface area (Å²) < 4.78 is 0. The molecule has 0 saturated heterocycles. The minimum Gasteiger partial charge on any atom is -0.328 e. The first-order chi connectivity index (χ1) is 6.91. The summed E-state index contributed by atoms with van der Waals surface area (Å²) >= 11 is 0. The molecule has 0 saturated carbocycles. The molecule has 0 fully saturated rings. The van der Waals surface area contributed by atoms with Crippen molar-refractivity contribution in [3.05, 3.63) is 34.4 Å². The highest BCUT2D eigenvalue weighted by Crippen LogP contribution is 2.26. The lowest BCUT2D eigenvalue weighted by Crippen LogP contribution is -2.18. The van der Waals surface area contributed by atoms with E-state index in [1.165, 1.54) is 22.3 Å². The second kappa shape index (κ2) is 4.80. The molecular formula is C14H23N. The van der Waals surface area contributed by atoms with Crippen molar-refractivity contribution in [2.75, 3.05) is 0 Å². The zero-order chi connectivity index (χ0) is 11.6. The maximum atomic E-state index is 5.85. The third-order valence-corrected chi connectivity index (χ3v) is 3.14. The quantitative estimate of drug-likeness (QED) is 0.803. The lowest BCUT2D eigenvalue weighted by Gasteiger charge is -2.18. The van der Waals surface area contributed by atoms with Gasteiger partial charge in [-0.25, -0.2) is 0 Å². The van der Waals surface area contributed by atoms with Gasteiger partial charge >= 0.3 is 0 Å². The van der Waals surface area contributed by atoms with Crippen molar-refractivity contribution >= 4 is 0 Å². The number of hydrogen-bond acceptors (Lipinski definition) is 1. The van der Waals surface area contributed by atoms with E-state index in [9.17, 15) is 0 Å². The van der Waals surface area contributed by atoms with Gasteiger partial charge in [0, 0.05) is 6.04 Å². The fraction of sp³-hybridized carbons (Fsp3) is 0.571. The van der Waals surface area contributed by atoms with E-state index in [4.69, 9.17) is 5.73 Å². The molecular weight excluding hydrogens is 182 g/mol. The summed E-state index contributed by atoms with van der Waals surface area (Å²) in [5.74, 6) is 0.560. The van der Waals surface area contributed by atoms with Crippen molar-refractivity contribution in [3.8, 4) is 0 Å². The predicted octanol–water partition coefficient (Wildman–Crippen LogP) is 3.45. The summed E-state index contributed by atoms with van der Waals surface area (Å²) in [6.07, 6.45) is 1.06. The third kappa shape index (κ3) is 3.07. The standard InChI is InChI=1S/C14H23N/c1-9-6-11(3)14(8-10(9)2)12(4)7-13(5)15/h6,8,12-13H,7,15H2,1-5H3. The van der Waals surface area contributed by atoms with Gasteiger partial charge in [0.2, 0.25) is 0 Å². The molecule has 0 amide bonds. The molecule has 1 aromatic rings. The van der Waals surface area contributed by atoms with E-state index >= 15 is 0 Å². The van der Waals surface area contributed by atoms with E-state index in [2.05, 4.69) is 46.8 Å². The third-order valence-electron chi connectivity index (χ3n) is 3.14. The Morgan fingerprint density at radius 1 is 1.00 bits per heavy atom. The molecule has 0 bridgehead atoms. The van der Waals surface area contributed by atoms with Crippen LogP contribution >= 0.6 is 0 Å². The van der Waals surface area contributed by atoms with Gasteiger partial charge in [0.05, 0.1) is 0 Å². The van der Waals surface area contributed by atoms with Gasteiger partial charge in [-0.15, -0.1) is 0 Å². The van der Waals surface area contributed by atoms with Crippen LogP contribution in [0.2, 0.25) is 0 Å². The van der Waals surface area contributed by atoms with Crippen molar-refractivity contribution in [1.29, 1.82) is 0 Å². The van der Waals surface area contributed by atoms with Crippen molar-refractivity contribution < 1.29 is 0 Å². The summed E-state index contributed by atoms with van der Waals surface area (Å²) in [6.45, 7) is 10.9. The van der Waals surface area contributed by atoms with Gasteiger partial charge in [-0.3, -0.25) is 0 Å². The number of hydrogen-bond donors (Lipinski definition) is 1. The van der Waals surface area contributed by atoms with Gasteiger partial charge in [0.25, 0.3) is 0 Å². The van der Waals surface area contributed by atoms with Crippen LogP contribution in [-0.2, 0) is 0 Å². The van der Waals surface area contributed by atoms with E-state index in [-0.39, 0.29) is 6.04 Å². The minimum absolute atomic E-state index is 0.279. The number of nitrogens with two attached hydrogens (primary N) is 1. The minimum atomic E-state index is 0.279. The van der Waals surface area contributed by atoms with E-state index < -0.39 is 0 Å². The monoisotopic (exact) mass is 205 g/mol. The summed E-state index contributed by atoms with van der Waals surface area (Å²) in [5, 5.41) is 0. The Bertz CT molecular complexity index is 339. The number of aryl methyl sites for hydroxylation is 3. The van der Waals surface area contributed by atoms with Gasteiger partial charge in [-0.05, 0) is 62.3 Å². The van der Waals surface area contributed by atoms with Crippen molar-refractivity contribution in [2.24, 2.45) is 5.73 Å². The highest BCUT2D eigenvalue weighted by Gasteiger charge is 2.11. The lowest BCUT2D eigenvalue weighted by molar-refractivity contribution is 0.584. The first kappa shape index (κ1) is 12.3. The van der Waals surface area contributed by atoms with Crippen molar-refractivity contribution in [2.45, 2.75) is 53.0 Å². The van der Waals surface area contributed by atoms with Gasteiger partial charge in [-0.2, -0.15) is 0 Å². The predicted molar refractivity (Wildman–Crippen MR) is 67.3 cm³/mol. The van der Waals surface area contributed by atoms with Gasteiger partial charge in [0.1, 0.15) is 0 Å². The molecule has 1 aromatic carbocycles. The van der Waals surface area contributed by atoms with Gasteiger partial charge in [-0.1, -0.05) is 19.1 Å². The van der Waals surface area contributed by atoms with Crippen LogP contribution in [0.3, 0.4) is 0 Å². The van der Waals surface area contributed by atoms with Crippen LogP contribution in [0.15, 0.2) is 12.1 Å². The van der Waals surface area contributed by atoms with Crippen LogP contribution in [0, 0.1) is 20.8 Å². The maximum Gasteiger partial charge on any atom is 0.00162 e. The summed E-state index contributed by atoms with van der Waals surface area (Å²) in [4.78, 5) is 0. The molecule has 0 spiro atoms. The fourth-order valence-electron chi connectivity index (χ4n) is 2.20. The largest absolute Gasteiger partial charge is 0.328 e. The summed E-state index contributed by atoms with van der Waals surface area (Å²) in [7, 11) is 0. The number of benzene rings is 1. The van der Waals surface area contributed by atoms with Crippen LogP contribution in [0.4, 0.5) is 0 Å². The first-order valence-corrected chi connectivity index (χ1v) is 5.75. The number of rotatable bonds is 3. The van der Waals surface area contributed by atoms with Crippen LogP contribution in [0.25, 0.3) is 0 Å². The molecule has 1 heteroatoms. The maximum absolute atomic E-state index is 5.85. The molecule has 0 aliphatic rings. The molecule has 0 aliphatic heterocycles.